The molecule has 0 saturated carbocycles. The van der Waals surface area contributed by atoms with Crippen LogP contribution in [0.5, 0.6) is 0 Å². The highest BCUT2D eigenvalue weighted by molar-refractivity contribution is 7.15. The Balaban J connectivity index is 1.82. The highest BCUT2D eigenvalue weighted by Crippen LogP contribution is 2.41. The van der Waals surface area contributed by atoms with Crippen LogP contribution in [-0.2, 0) is 21.4 Å². The van der Waals surface area contributed by atoms with Crippen LogP contribution >= 0.6 is 11.3 Å². The van der Waals surface area contributed by atoms with Crippen molar-refractivity contribution in [1.82, 2.24) is 19.8 Å². The molecule has 186 valence electrons. The first-order valence-corrected chi connectivity index (χ1v) is 11.8. The molecule has 0 aliphatic carbocycles. The van der Waals surface area contributed by atoms with Crippen molar-refractivity contribution in [2.24, 2.45) is 11.7 Å². The summed E-state index contributed by atoms with van der Waals surface area (Å²) in [5.41, 5.74) is 4.61. The van der Waals surface area contributed by atoms with Crippen molar-refractivity contribution in [3.05, 3.63) is 34.7 Å². The summed E-state index contributed by atoms with van der Waals surface area (Å²) in [6.45, 7) is 5.04. The van der Waals surface area contributed by atoms with Gasteiger partial charge in [0.1, 0.15) is 16.5 Å². The van der Waals surface area contributed by atoms with Crippen LogP contribution in [0, 0.1) is 12.8 Å². The lowest BCUT2D eigenvalue weighted by atomic mass is 9.87. The predicted octanol–water partition coefficient (Wildman–Crippen LogP) is 3.16. The van der Waals surface area contributed by atoms with E-state index < -0.39 is 23.5 Å². The van der Waals surface area contributed by atoms with Crippen LogP contribution in [0.2, 0.25) is 0 Å². The molecule has 2 aromatic heterocycles. The molecule has 1 fully saturated rings. The first-order valence-electron chi connectivity index (χ1n) is 11.0. The summed E-state index contributed by atoms with van der Waals surface area (Å²) < 4.78 is 40.5. The second kappa shape index (κ2) is 9.61. The van der Waals surface area contributed by atoms with Gasteiger partial charge in [-0.1, -0.05) is 0 Å². The van der Waals surface area contributed by atoms with Gasteiger partial charge in [0.05, 0.1) is 22.7 Å². The number of nitrogens with two attached hydrogens (primary N) is 1. The Morgan fingerprint density at radius 1 is 1.29 bits per heavy atom. The third kappa shape index (κ3) is 5.25. The van der Waals surface area contributed by atoms with E-state index in [-0.39, 0.29) is 23.9 Å². The fourth-order valence-electron chi connectivity index (χ4n) is 4.27. The minimum atomic E-state index is -4.45. The minimum absolute atomic E-state index is 0.00401. The summed E-state index contributed by atoms with van der Waals surface area (Å²) >= 11 is 1.26. The zero-order valence-corrected chi connectivity index (χ0v) is 20.8. The standard InChI is InChI=1S/C23H30F3N5O2S/c1-13-20(14-6-8-28-16(10-14)22(2,3)23(24,25)26)34-17(29-13)11-18(32)31-9-7-15(12-30(4)5)19(31)21(27)33/h6,8,10,15,19H,7,9,11-12H2,1-5H3,(H2,27,33)/t15-,19-/m0/s1. The van der Waals surface area contributed by atoms with E-state index in [1.54, 1.807) is 13.0 Å². The van der Waals surface area contributed by atoms with Crippen LogP contribution in [0.25, 0.3) is 10.4 Å². The number of rotatable bonds is 7. The number of pyridine rings is 1. The fourth-order valence-corrected chi connectivity index (χ4v) is 5.32. The summed E-state index contributed by atoms with van der Waals surface area (Å²) in [6.07, 6.45) is -2.41. The van der Waals surface area contributed by atoms with Gasteiger partial charge in [0.25, 0.3) is 0 Å². The number of carbonyl (C=O) groups excluding carboxylic acids is 2. The maximum atomic E-state index is 13.5. The molecule has 11 heteroatoms. The quantitative estimate of drug-likeness (QED) is 0.635. The van der Waals surface area contributed by atoms with Crippen LogP contribution in [0.4, 0.5) is 13.2 Å². The molecule has 0 spiro atoms. The smallest absolute Gasteiger partial charge is 0.368 e. The van der Waals surface area contributed by atoms with Crippen molar-refractivity contribution in [3.63, 3.8) is 0 Å². The third-order valence-corrected chi connectivity index (χ3v) is 7.46. The Morgan fingerprint density at radius 3 is 2.56 bits per heavy atom. The fraction of sp³-hybridized carbons (Fsp3) is 0.565. The molecule has 1 aliphatic heterocycles. The summed E-state index contributed by atoms with van der Waals surface area (Å²) in [5, 5.41) is 0.533. The maximum absolute atomic E-state index is 13.5. The Morgan fingerprint density at radius 2 is 1.97 bits per heavy atom. The number of aryl methyl sites for hydroxylation is 1. The molecular weight excluding hydrogens is 467 g/mol. The number of amides is 2. The molecule has 34 heavy (non-hydrogen) atoms. The average molecular weight is 498 g/mol. The molecule has 3 heterocycles. The van der Waals surface area contributed by atoms with Crippen LogP contribution < -0.4 is 5.73 Å². The van der Waals surface area contributed by atoms with Gasteiger partial charge >= 0.3 is 6.18 Å². The van der Waals surface area contributed by atoms with Gasteiger partial charge in [0, 0.05) is 25.2 Å². The van der Waals surface area contributed by atoms with E-state index in [9.17, 15) is 22.8 Å². The number of halogens is 3. The van der Waals surface area contributed by atoms with E-state index in [2.05, 4.69) is 9.97 Å². The van der Waals surface area contributed by atoms with Gasteiger partial charge in [-0.3, -0.25) is 14.6 Å². The van der Waals surface area contributed by atoms with Crippen LogP contribution in [0.3, 0.4) is 0 Å². The number of alkyl halides is 3. The van der Waals surface area contributed by atoms with Gasteiger partial charge in [-0.2, -0.15) is 13.2 Å². The normalized spacial score (nSPS) is 19.1. The van der Waals surface area contributed by atoms with E-state index in [4.69, 9.17) is 5.73 Å². The molecule has 0 aromatic carbocycles. The van der Waals surface area contributed by atoms with Crippen molar-refractivity contribution in [3.8, 4) is 10.4 Å². The number of carbonyl (C=O) groups is 2. The molecule has 2 aromatic rings. The summed E-state index contributed by atoms with van der Waals surface area (Å²) in [7, 11) is 3.81. The second-order valence-electron chi connectivity index (χ2n) is 9.50. The molecule has 3 rings (SSSR count). The zero-order valence-electron chi connectivity index (χ0n) is 19.9. The lowest BCUT2D eigenvalue weighted by Crippen LogP contribution is -2.48. The molecule has 0 bridgehead atoms. The number of aromatic nitrogens is 2. The molecule has 7 nitrogen and oxygen atoms in total. The maximum Gasteiger partial charge on any atom is 0.399 e. The third-order valence-electron chi connectivity index (χ3n) is 6.25. The number of likely N-dealkylation sites (tertiary alicyclic amines) is 1. The Hall–Kier alpha value is -2.53. The number of thiazole rings is 1. The van der Waals surface area contributed by atoms with Crippen LogP contribution in [0.15, 0.2) is 18.3 Å². The van der Waals surface area contributed by atoms with E-state index in [1.807, 2.05) is 19.0 Å². The van der Waals surface area contributed by atoms with Crippen LogP contribution in [0.1, 0.15) is 36.7 Å². The summed E-state index contributed by atoms with van der Waals surface area (Å²) in [5.74, 6) is -0.790. The van der Waals surface area contributed by atoms with Crippen LogP contribution in [-0.4, -0.2) is 71.0 Å². The predicted molar refractivity (Wildman–Crippen MR) is 124 cm³/mol. The monoisotopic (exact) mass is 497 g/mol. The molecule has 2 N–H and O–H groups in total. The SMILES string of the molecule is Cc1nc(CC(=O)N2CC[C@@H](CN(C)C)[C@H]2C(N)=O)sc1-c1ccnc(C(C)(C)C(F)(F)F)c1. The highest BCUT2D eigenvalue weighted by Gasteiger charge is 2.49. The summed E-state index contributed by atoms with van der Waals surface area (Å²) in [4.78, 5) is 37.8. The molecule has 2 atom stereocenters. The van der Waals surface area contributed by atoms with E-state index >= 15 is 0 Å². The Bertz CT molecular complexity index is 1070. The first kappa shape index (κ1) is 26.1. The molecular formula is C23H30F3N5O2S. The summed E-state index contributed by atoms with van der Waals surface area (Å²) in [6, 6.07) is 2.40. The number of hydrogen-bond acceptors (Lipinski definition) is 6. The van der Waals surface area contributed by atoms with E-state index in [0.29, 0.717) is 40.7 Å². The van der Waals surface area contributed by atoms with E-state index in [1.165, 1.54) is 28.5 Å². The Labute approximate surface area is 201 Å². The van der Waals surface area contributed by atoms with Gasteiger partial charge in [-0.05, 0) is 59.0 Å². The van der Waals surface area contributed by atoms with Crippen molar-refractivity contribution in [2.75, 3.05) is 27.2 Å². The number of hydrogen-bond donors (Lipinski definition) is 1. The van der Waals surface area contributed by atoms with Crippen molar-refractivity contribution in [1.29, 1.82) is 0 Å². The Kier molecular flexibility index (Phi) is 7.37. The average Bonchev–Trinajstić information content (AvgIpc) is 3.30. The van der Waals surface area contributed by atoms with Crippen molar-refractivity contribution < 1.29 is 22.8 Å². The second-order valence-corrected chi connectivity index (χ2v) is 10.6. The lowest BCUT2D eigenvalue weighted by Gasteiger charge is -2.27. The highest BCUT2D eigenvalue weighted by atomic mass is 32.1. The van der Waals surface area contributed by atoms with E-state index in [0.717, 1.165) is 13.8 Å². The first-order chi connectivity index (χ1) is 15.7. The molecule has 1 aliphatic rings. The van der Waals surface area contributed by atoms with Gasteiger partial charge in [-0.25, -0.2) is 4.98 Å². The topological polar surface area (TPSA) is 92.4 Å². The minimum Gasteiger partial charge on any atom is -0.368 e. The number of primary amides is 1. The molecule has 0 unspecified atom stereocenters. The molecule has 0 radical (unpaired) electrons. The molecule has 2 amide bonds. The lowest BCUT2D eigenvalue weighted by molar-refractivity contribution is -0.181. The van der Waals surface area contributed by atoms with Gasteiger partial charge in [-0.15, -0.1) is 11.3 Å². The van der Waals surface area contributed by atoms with Crippen molar-refractivity contribution in [2.45, 2.75) is 51.2 Å². The van der Waals surface area contributed by atoms with Crippen molar-refractivity contribution >= 4 is 23.2 Å². The number of nitrogens with zero attached hydrogens (tertiary/aromatic N) is 4. The largest absolute Gasteiger partial charge is 0.399 e. The van der Waals surface area contributed by atoms with Gasteiger partial charge < -0.3 is 15.5 Å². The van der Waals surface area contributed by atoms with Gasteiger partial charge in [0.15, 0.2) is 0 Å². The molecule has 1 saturated heterocycles. The zero-order chi connectivity index (χ0) is 25.4. The van der Waals surface area contributed by atoms with Gasteiger partial charge in [0.2, 0.25) is 11.8 Å².